The molecule has 0 fully saturated rings. The summed E-state index contributed by atoms with van der Waals surface area (Å²) in [6, 6.07) is 16.8. The minimum atomic E-state index is -0.372. The molecule has 0 aliphatic heterocycles. The fourth-order valence-corrected chi connectivity index (χ4v) is 2.21. The Kier molecular flexibility index (Phi) is 5.32. The van der Waals surface area contributed by atoms with Gasteiger partial charge in [-0.25, -0.2) is 4.79 Å². The molecular formula is C19H19NO2. The highest BCUT2D eigenvalue weighted by Gasteiger charge is 2.10. The SMILES string of the molecule is CCc1ccc(C(=O)Oc2ccc([C@@H](C#N)CC)cc2)cc1. The lowest BCUT2D eigenvalue weighted by Gasteiger charge is -2.08. The highest BCUT2D eigenvalue weighted by Crippen LogP contribution is 2.22. The number of nitrogens with zero attached hydrogens (tertiary/aromatic N) is 1. The van der Waals surface area contributed by atoms with Crippen molar-refractivity contribution in [3.8, 4) is 11.8 Å². The maximum atomic E-state index is 12.1. The first-order chi connectivity index (χ1) is 10.7. The Labute approximate surface area is 131 Å². The third-order valence-electron chi connectivity index (χ3n) is 3.65. The fourth-order valence-electron chi connectivity index (χ4n) is 2.21. The number of aryl methyl sites for hydroxylation is 1. The first-order valence-electron chi connectivity index (χ1n) is 7.48. The third kappa shape index (κ3) is 3.73. The Hall–Kier alpha value is -2.60. The maximum Gasteiger partial charge on any atom is 0.343 e. The summed E-state index contributed by atoms with van der Waals surface area (Å²) in [5, 5.41) is 9.05. The van der Waals surface area contributed by atoms with Gasteiger partial charge in [0.05, 0.1) is 17.6 Å². The second kappa shape index (κ2) is 7.42. The van der Waals surface area contributed by atoms with Crippen molar-refractivity contribution in [2.75, 3.05) is 0 Å². The summed E-state index contributed by atoms with van der Waals surface area (Å²) in [5.41, 5.74) is 2.66. The smallest absolute Gasteiger partial charge is 0.343 e. The van der Waals surface area contributed by atoms with Crippen molar-refractivity contribution in [1.29, 1.82) is 5.26 Å². The topological polar surface area (TPSA) is 50.1 Å². The quantitative estimate of drug-likeness (QED) is 0.603. The van der Waals surface area contributed by atoms with E-state index in [1.165, 1.54) is 5.56 Å². The van der Waals surface area contributed by atoms with Gasteiger partial charge in [0.2, 0.25) is 0 Å². The standard InChI is InChI=1S/C19H19NO2/c1-3-14-5-7-17(8-6-14)19(21)22-18-11-9-16(10-12-18)15(4-2)13-20/h5-12,15H,3-4H2,1-2H3/t15-/m1/s1. The second-order valence-electron chi connectivity index (χ2n) is 5.10. The summed E-state index contributed by atoms with van der Waals surface area (Å²) < 4.78 is 5.35. The van der Waals surface area contributed by atoms with Crippen LogP contribution in [0.25, 0.3) is 0 Å². The van der Waals surface area contributed by atoms with Crippen LogP contribution >= 0.6 is 0 Å². The van der Waals surface area contributed by atoms with Gasteiger partial charge in [-0.05, 0) is 48.2 Å². The second-order valence-corrected chi connectivity index (χ2v) is 5.10. The van der Waals surface area contributed by atoms with Crippen LogP contribution in [-0.4, -0.2) is 5.97 Å². The Morgan fingerprint density at radius 1 is 1.09 bits per heavy atom. The van der Waals surface area contributed by atoms with Gasteiger partial charge in [0.25, 0.3) is 0 Å². The van der Waals surface area contributed by atoms with Gasteiger partial charge in [-0.1, -0.05) is 38.1 Å². The lowest BCUT2D eigenvalue weighted by Crippen LogP contribution is -2.08. The largest absolute Gasteiger partial charge is 0.423 e. The average Bonchev–Trinajstić information content (AvgIpc) is 2.57. The van der Waals surface area contributed by atoms with E-state index in [4.69, 9.17) is 10.00 Å². The minimum absolute atomic E-state index is 0.119. The van der Waals surface area contributed by atoms with Crippen LogP contribution in [0.4, 0.5) is 0 Å². The molecule has 3 nitrogen and oxygen atoms in total. The van der Waals surface area contributed by atoms with Crippen LogP contribution in [0.15, 0.2) is 48.5 Å². The molecule has 0 radical (unpaired) electrons. The monoisotopic (exact) mass is 293 g/mol. The molecule has 1 atom stereocenters. The molecule has 2 aromatic rings. The lowest BCUT2D eigenvalue weighted by atomic mass is 9.98. The Morgan fingerprint density at radius 2 is 1.73 bits per heavy atom. The summed E-state index contributed by atoms with van der Waals surface area (Å²) in [6.45, 7) is 4.04. The van der Waals surface area contributed by atoms with Gasteiger partial charge in [-0.3, -0.25) is 0 Å². The summed E-state index contributed by atoms with van der Waals surface area (Å²) in [4.78, 5) is 12.1. The van der Waals surface area contributed by atoms with E-state index in [-0.39, 0.29) is 11.9 Å². The number of rotatable bonds is 5. The average molecular weight is 293 g/mol. The molecule has 0 heterocycles. The van der Waals surface area contributed by atoms with Gasteiger partial charge in [0, 0.05) is 0 Å². The van der Waals surface area contributed by atoms with Crippen molar-refractivity contribution in [1.82, 2.24) is 0 Å². The van der Waals surface area contributed by atoms with Crippen LogP contribution in [0.3, 0.4) is 0 Å². The number of esters is 1. The number of carbonyl (C=O) groups excluding carboxylic acids is 1. The van der Waals surface area contributed by atoms with Crippen molar-refractivity contribution >= 4 is 5.97 Å². The van der Waals surface area contributed by atoms with E-state index in [2.05, 4.69) is 13.0 Å². The van der Waals surface area contributed by atoms with E-state index < -0.39 is 0 Å². The summed E-state index contributed by atoms with van der Waals surface area (Å²) >= 11 is 0. The van der Waals surface area contributed by atoms with Crippen molar-refractivity contribution in [3.05, 3.63) is 65.2 Å². The number of hydrogen-bond donors (Lipinski definition) is 0. The van der Waals surface area contributed by atoms with Gasteiger partial charge in [0.15, 0.2) is 0 Å². The van der Waals surface area contributed by atoms with Gasteiger partial charge in [-0.15, -0.1) is 0 Å². The van der Waals surface area contributed by atoms with Crippen LogP contribution in [0.5, 0.6) is 5.75 Å². The van der Waals surface area contributed by atoms with Crippen LogP contribution in [0, 0.1) is 11.3 Å². The molecule has 2 aromatic carbocycles. The molecule has 3 heteroatoms. The zero-order valence-corrected chi connectivity index (χ0v) is 12.9. The molecule has 0 aromatic heterocycles. The van der Waals surface area contributed by atoms with Crippen molar-refractivity contribution in [2.45, 2.75) is 32.6 Å². The molecule has 0 aliphatic rings. The number of benzene rings is 2. The van der Waals surface area contributed by atoms with Crippen LogP contribution in [0.1, 0.15) is 47.7 Å². The van der Waals surface area contributed by atoms with E-state index in [1.807, 2.05) is 31.2 Å². The molecular weight excluding hydrogens is 274 g/mol. The minimum Gasteiger partial charge on any atom is -0.423 e. The first kappa shape index (κ1) is 15.8. The number of hydrogen-bond acceptors (Lipinski definition) is 3. The Balaban J connectivity index is 2.06. The highest BCUT2D eigenvalue weighted by atomic mass is 16.5. The Morgan fingerprint density at radius 3 is 2.23 bits per heavy atom. The molecule has 0 unspecified atom stereocenters. The molecule has 0 N–H and O–H groups in total. The van der Waals surface area contributed by atoms with E-state index >= 15 is 0 Å². The van der Waals surface area contributed by atoms with E-state index in [9.17, 15) is 4.79 Å². The predicted octanol–water partition coefficient (Wildman–Crippen LogP) is 4.49. The highest BCUT2D eigenvalue weighted by molar-refractivity contribution is 5.91. The molecule has 0 saturated carbocycles. The molecule has 22 heavy (non-hydrogen) atoms. The normalized spacial score (nSPS) is 11.5. The summed E-state index contributed by atoms with van der Waals surface area (Å²) in [7, 11) is 0. The lowest BCUT2D eigenvalue weighted by molar-refractivity contribution is 0.0734. The molecule has 0 saturated heterocycles. The first-order valence-corrected chi connectivity index (χ1v) is 7.48. The van der Waals surface area contributed by atoms with Gasteiger partial charge < -0.3 is 4.74 Å². The van der Waals surface area contributed by atoms with Gasteiger partial charge in [0.1, 0.15) is 5.75 Å². The maximum absolute atomic E-state index is 12.1. The molecule has 0 amide bonds. The van der Waals surface area contributed by atoms with E-state index in [0.29, 0.717) is 11.3 Å². The summed E-state index contributed by atoms with van der Waals surface area (Å²) in [6.07, 6.45) is 1.70. The van der Waals surface area contributed by atoms with Crippen molar-refractivity contribution in [3.63, 3.8) is 0 Å². The van der Waals surface area contributed by atoms with E-state index in [0.717, 1.165) is 18.4 Å². The molecule has 0 bridgehead atoms. The number of carbonyl (C=O) groups is 1. The molecule has 112 valence electrons. The van der Waals surface area contributed by atoms with Crippen LogP contribution in [-0.2, 0) is 6.42 Å². The van der Waals surface area contributed by atoms with Crippen molar-refractivity contribution in [2.24, 2.45) is 0 Å². The van der Waals surface area contributed by atoms with Crippen LogP contribution < -0.4 is 4.74 Å². The fraction of sp³-hybridized carbons (Fsp3) is 0.263. The molecule has 0 aliphatic carbocycles. The zero-order chi connectivity index (χ0) is 15.9. The van der Waals surface area contributed by atoms with Gasteiger partial charge >= 0.3 is 5.97 Å². The third-order valence-corrected chi connectivity index (χ3v) is 3.65. The summed E-state index contributed by atoms with van der Waals surface area (Å²) in [5.74, 6) is -0.00446. The number of nitriles is 1. The molecule has 2 rings (SSSR count). The predicted molar refractivity (Wildman–Crippen MR) is 85.9 cm³/mol. The van der Waals surface area contributed by atoms with Gasteiger partial charge in [-0.2, -0.15) is 5.26 Å². The molecule has 0 spiro atoms. The number of ether oxygens (including phenoxy) is 1. The van der Waals surface area contributed by atoms with Crippen LogP contribution in [0.2, 0.25) is 0 Å². The zero-order valence-electron chi connectivity index (χ0n) is 12.9. The van der Waals surface area contributed by atoms with E-state index in [1.54, 1.807) is 24.3 Å². The van der Waals surface area contributed by atoms with Crippen molar-refractivity contribution < 1.29 is 9.53 Å². The Bertz CT molecular complexity index is 666.